The third-order valence-corrected chi connectivity index (χ3v) is 8.72. The van der Waals surface area contributed by atoms with Crippen LogP contribution in [0.2, 0.25) is 0 Å². The van der Waals surface area contributed by atoms with Gasteiger partial charge in [-0.2, -0.15) is 4.57 Å². The van der Waals surface area contributed by atoms with E-state index in [1.54, 1.807) is 30.6 Å². The van der Waals surface area contributed by atoms with Gasteiger partial charge >= 0.3 is 7.82 Å². The van der Waals surface area contributed by atoms with Crippen LogP contribution in [-0.2, 0) is 25.1 Å². The summed E-state index contributed by atoms with van der Waals surface area (Å²) in [5, 5.41) is 0. The number of aromatic nitrogens is 1. The molecule has 0 aliphatic rings. The Bertz CT molecular complexity index is 955. The molecule has 0 amide bonds. The second kappa shape index (κ2) is 21.4. The first kappa shape index (κ1) is 34.9. The molecule has 228 valence electrons. The van der Waals surface area contributed by atoms with Gasteiger partial charge < -0.3 is 14.0 Å². The summed E-state index contributed by atoms with van der Waals surface area (Å²) >= 11 is 1.64. The van der Waals surface area contributed by atoms with Crippen LogP contribution < -0.4 is 9.09 Å². The molecule has 0 saturated heterocycles. The van der Waals surface area contributed by atoms with Gasteiger partial charge in [0.25, 0.3) is 0 Å². The minimum atomic E-state index is -4.33. The molecule has 0 saturated carbocycles. The number of phosphoric ester groups is 1. The number of methoxy groups -OCH3 is 1. The topological polar surface area (TPSA) is 78.1 Å². The van der Waals surface area contributed by atoms with E-state index in [1.165, 1.54) is 81.9 Å². The number of hydrogen-bond acceptors (Lipinski definition) is 6. The van der Waals surface area contributed by atoms with Crippen molar-refractivity contribution in [2.75, 3.05) is 26.9 Å². The maximum absolute atomic E-state index is 12.6. The normalized spacial score (nSPS) is 13.8. The average molecular weight is 599 g/mol. The number of unbranched alkanes of at least 4 members (excludes halogenated alkanes) is 13. The minimum absolute atomic E-state index is 0.0936. The van der Waals surface area contributed by atoms with Crippen molar-refractivity contribution in [2.24, 2.45) is 0 Å². The van der Waals surface area contributed by atoms with E-state index >= 15 is 0 Å². The van der Waals surface area contributed by atoms with Gasteiger partial charge in [0.2, 0.25) is 5.51 Å². The van der Waals surface area contributed by atoms with Gasteiger partial charge in [-0.25, -0.2) is 4.57 Å². The van der Waals surface area contributed by atoms with Crippen molar-refractivity contribution in [3.05, 3.63) is 46.4 Å². The van der Waals surface area contributed by atoms with Gasteiger partial charge in [-0.15, -0.1) is 0 Å². The van der Waals surface area contributed by atoms with Gasteiger partial charge in [0.05, 0.1) is 23.7 Å². The number of hydrogen-bond donors (Lipinski definition) is 1. The second-order valence-corrected chi connectivity index (χ2v) is 13.1. The maximum atomic E-state index is 12.6. The van der Waals surface area contributed by atoms with E-state index in [9.17, 15) is 9.46 Å². The Kier molecular flexibility index (Phi) is 18.7. The summed E-state index contributed by atoms with van der Waals surface area (Å²) in [7, 11) is -2.78. The predicted octanol–water partition coefficient (Wildman–Crippen LogP) is 8.40. The summed E-state index contributed by atoms with van der Waals surface area (Å²) in [6.45, 7) is 5.71. The number of para-hydroxylation sites is 1. The largest absolute Gasteiger partial charge is 0.527 e. The molecule has 1 aromatic carbocycles. The number of benzene rings is 1. The summed E-state index contributed by atoms with van der Waals surface area (Å²) < 4.78 is 36.5. The van der Waals surface area contributed by atoms with Crippen LogP contribution in [0.1, 0.15) is 107 Å². The highest BCUT2D eigenvalue weighted by molar-refractivity contribution is 7.47. The monoisotopic (exact) mass is 598 g/mol. The zero-order chi connectivity index (χ0) is 28.9. The van der Waals surface area contributed by atoms with Crippen molar-refractivity contribution >= 4 is 19.2 Å². The molecule has 1 aromatic heterocycles. The molecule has 0 fully saturated rings. The first-order valence-corrected chi connectivity index (χ1v) is 17.6. The lowest BCUT2D eigenvalue weighted by Gasteiger charge is -2.19. The van der Waals surface area contributed by atoms with Gasteiger partial charge in [-0.1, -0.05) is 114 Å². The van der Waals surface area contributed by atoms with Crippen molar-refractivity contribution in [2.45, 2.75) is 116 Å². The Balaban J connectivity index is 1.53. The molecule has 40 heavy (non-hydrogen) atoms. The van der Waals surface area contributed by atoms with Crippen LogP contribution in [0.3, 0.4) is 0 Å². The lowest BCUT2D eigenvalue weighted by molar-refractivity contribution is -0.683. The number of aryl methyl sites for hydroxylation is 1. The molecule has 1 N–H and O–H groups in total. The van der Waals surface area contributed by atoms with Crippen molar-refractivity contribution < 1.29 is 32.5 Å². The number of rotatable bonds is 25. The third-order valence-electron chi connectivity index (χ3n) is 6.96. The number of phosphoric acid groups is 1. The Morgan fingerprint density at radius 1 is 0.900 bits per heavy atom. The van der Waals surface area contributed by atoms with Crippen molar-refractivity contribution in [1.82, 2.24) is 0 Å². The van der Waals surface area contributed by atoms with E-state index in [2.05, 4.69) is 6.92 Å². The van der Waals surface area contributed by atoms with Crippen LogP contribution in [0.25, 0.3) is 0 Å². The standard InChI is InChI=1S/C31H52NO6PS/c1-4-5-6-7-8-9-10-11-12-13-14-15-16-19-22-36-25-30(35-3)26-37-39(33,34)38-31-21-18-17-20-29(31)24-32-23-28(2)40-27-32/h17-18,20-21,23,27,30H,4-16,19,22,24-26H2,1-3H3/p+1. The third kappa shape index (κ3) is 16.2. The molecule has 0 bridgehead atoms. The Hall–Kier alpha value is -1.28. The summed E-state index contributed by atoms with van der Waals surface area (Å²) in [4.78, 5) is 11.5. The summed E-state index contributed by atoms with van der Waals surface area (Å²) in [6, 6.07) is 7.19. The summed E-state index contributed by atoms with van der Waals surface area (Å²) in [5.74, 6) is 0.327. The van der Waals surface area contributed by atoms with E-state index in [4.69, 9.17) is 18.5 Å². The van der Waals surface area contributed by atoms with E-state index < -0.39 is 13.9 Å². The Labute approximate surface area is 246 Å². The van der Waals surface area contributed by atoms with Gasteiger partial charge in [0, 0.05) is 13.7 Å². The van der Waals surface area contributed by atoms with E-state index in [1.807, 2.05) is 35.3 Å². The molecule has 7 nitrogen and oxygen atoms in total. The van der Waals surface area contributed by atoms with Crippen LogP contribution >= 0.6 is 19.2 Å². The molecule has 0 radical (unpaired) electrons. The first-order valence-electron chi connectivity index (χ1n) is 15.2. The Morgan fingerprint density at radius 2 is 1.50 bits per heavy atom. The van der Waals surface area contributed by atoms with Crippen molar-refractivity contribution in [1.29, 1.82) is 0 Å². The predicted molar refractivity (Wildman–Crippen MR) is 163 cm³/mol. The van der Waals surface area contributed by atoms with E-state index in [0.717, 1.165) is 18.4 Å². The average Bonchev–Trinajstić information content (AvgIpc) is 3.35. The van der Waals surface area contributed by atoms with E-state index in [0.29, 0.717) is 25.5 Å². The fourth-order valence-corrected chi connectivity index (χ4v) is 6.04. The number of ether oxygens (including phenoxy) is 2. The summed E-state index contributed by atoms with van der Waals surface area (Å²) in [6.07, 6.45) is 20.1. The van der Waals surface area contributed by atoms with Crippen LogP contribution in [0.5, 0.6) is 5.75 Å². The minimum Gasteiger partial charge on any atom is -0.404 e. The lowest BCUT2D eigenvalue weighted by Crippen LogP contribution is -2.31. The zero-order valence-corrected chi connectivity index (χ0v) is 26.8. The molecule has 2 atom stereocenters. The van der Waals surface area contributed by atoms with Gasteiger partial charge in [0.1, 0.15) is 11.9 Å². The first-order chi connectivity index (χ1) is 19.4. The van der Waals surface area contributed by atoms with Gasteiger partial charge in [0.15, 0.2) is 12.7 Å². The molecule has 2 unspecified atom stereocenters. The van der Waals surface area contributed by atoms with Crippen LogP contribution in [-0.4, -0.2) is 37.9 Å². The van der Waals surface area contributed by atoms with Gasteiger partial charge in [-0.3, -0.25) is 9.42 Å². The highest BCUT2D eigenvalue weighted by Crippen LogP contribution is 2.45. The molecule has 0 aliphatic heterocycles. The SMILES string of the molecule is CCCCCCCCCCCCCCCCOCC(COP(=O)(O)Oc1ccccc1C[n+]1csc(C)c1)OC. The lowest BCUT2D eigenvalue weighted by atomic mass is 10.0. The molecular weight excluding hydrogens is 545 g/mol. The molecule has 1 heterocycles. The van der Waals surface area contributed by atoms with E-state index in [-0.39, 0.29) is 6.61 Å². The molecule has 0 spiro atoms. The Morgan fingerprint density at radius 3 is 2.08 bits per heavy atom. The van der Waals surface area contributed by atoms with Crippen molar-refractivity contribution in [3.8, 4) is 5.75 Å². The molecule has 2 rings (SSSR count). The number of thiazole rings is 1. The fraction of sp³-hybridized carbons (Fsp3) is 0.710. The van der Waals surface area contributed by atoms with Crippen LogP contribution in [0, 0.1) is 6.92 Å². The maximum Gasteiger partial charge on any atom is 0.527 e. The van der Waals surface area contributed by atoms with Crippen LogP contribution in [0.4, 0.5) is 0 Å². The summed E-state index contributed by atoms with van der Waals surface area (Å²) in [5.41, 5.74) is 2.80. The zero-order valence-electron chi connectivity index (χ0n) is 25.1. The quantitative estimate of drug-likeness (QED) is 0.0702. The van der Waals surface area contributed by atoms with Crippen LogP contribution in [0.15, 0.2) is 36.0 Å². The molecule has 0 aliphatic carbocycles. The fourth-order valence-electron chi connectivity index (χ4n) is 4.57. The second-order valence-electron chi connectivity index (χ2n) is 10.6. The smallest absolute Gasteiger partial charge is 0.404 e. The molecule has 2 aromatic rings. The molecule has 9 heteroatoms. The molecular formula is C31H53NO6PS+. The number of nitrogens with zero attached hydrogens (tertiary/aromatic N) is 1. The van der Waals surface area contributed by atoms with Crippen molar-refractivity contribution in [3.63, 3.8) is 0 Å². The van der Waals surface area contributed by atoms with Gasteiger partial charge in [-0.05, 0) is 25.5 Å². The highest BCUT2D eigenvalue weighted by atomic mass is 32.1. The highest BCUT2D eigenvalue weighted by Gasteiger charge is 2.27.